The highest BCUT2D eigenvalue weighted by molar-refractivity contribution is 5.75. The van der Waals surface area contributed by atoms with Crippen LogP contribution >= 0.6 is 0 Å². The summed E-state index contributed by atoms with van der Waals surface area (Å²) < 4.78 is 2.16. The molecule has 2 heteroatoms. The minimum Gasteiger partial charge on any atom is -0.318 e. The van der Waals surface area contributed by atoms with Crippen molar-refractivity contribution in [3.05, 3.63) is 30.6 Å². The Balaban J connectivity index is 2.30. The fraction of sp³-hybridized carbons (Fsp3) is 0.300. The molecule has 2 nitrogen and oxygen atoms in total. The van der Waals surface area contributed by atoms with Crippen LogP contribution in [0.15, 0.2) is 24.3 Å². The van der Waals surface area contributed by atoms with Crippen LogP contribution in [0, 0.1) is 6.33 Å². The number of fused-ring (bicyclic) bond motifs is 1. The molecular formula is C10H9N2. The summed E-state index contributed by atoms with van der Waals surface area (Å²) in [5.41, 5.74) is 2.28. The fourth-order valence-corrected chi connectivity index (χ4v) is 1.54. The Bertz CT molecular complexity index is 412. The first kappa shape index (κ1) is 6.23. The molecular weight excluding hydrogens is 148 g/mol. The van der Waals surface area contributed by atoms with Crippen molar-refractivity contribution in [1.29, 1.82) is 0 Å². The van der Waals surface area contributed by atoms with E-state index >= 15 is 0 Å². The molecule has 2 aromatic rings. The van der Waals surface area contributed by atoms with Crippen LogP contribution in [-0.2, 0) is 0 Å². The first-order chi connectivity index (χ1) is 5.95. The summed E-state index contributed by atoms with van der Waals surface area (Å²) in [6.45, 7) is 0. The molecule has 0 spiro atoms. The monoisotopic (exact) mass is 157 g/mol. The third-order valence-corrected chi connectivity index (χ3v) is 2.33. The van der Waals surface area contributed by atoms with Gasteiger partial charge in [-0.3, -0.25) is 0 Å². The second-order valence-corrected chi connectivity index (χ2v) is 3.30. The molecule has 0 aliphatic heterocycles. The summed E-state index contributed by atoms with van der Waals surface area (Å²) in [4.78, 5) is 4.22. The van der Waals surface area contributed by atoms with Gasteiger partial charge in [0.15, 0.2) is 6.33 Å². The van der Waals surface area contributed by atoms with Crippen molar-refractivity contribution in [3.8, 4) is 0 Å². The van der Waals surface area contributed by atoms with Gasteiger partial charge in [-0.25, -0.2) is 4.98 Å². The van der Waals surface area contributed by atoms with Crippen molar-refractivity contribution < 1.29 is 0 Å². The summed E-state index contributed by atoms with van der Waals surface area (Å²) in [5, 5.41) is 0. The van der Waals surface area contributed by atoms with Gasteiger partial charge in [0.1, 0.15) is 0 Å². The number of aromatic nitrogens is 2. The second kappa shape index (κ2) is 2.09. The van der Waals surface area contributed by atoms with Crippen LogP contribution in [0.2, 0.25) is 0 Å². The lowest BCUT2D eigenvalue weighted by atomic mass is 10.3. The molecule has 0 atom stereocenters. The topological polar surface area (TPSA) is 17.8 Å². The molecule has 1 heterocycles. The lowest BCUT2D eigenvalue weighted by molar-refractivity contribution is 0.759. The number of benzene rings is 1. The van der Waals surface area contributed by atoms with Crippen molar-refractivity contribution in [3.63, 3.8) is 0 Å². The van der Waals surface area contributed by atoms with Crippen LogP contribution in [0.1, 0.15) is 18.9 Å². The average molecular weight is 157 g/mol. The molecule has 1 aliphatic rings. The highest BCUT2D eigenvalue weighted by Crippen LogP contribution is 2.36. The van der Waals surface area contributed by atoms with E-state index in [1.807, 2.05) is 12.1 Å². The smallest absolute Gasteiger partial charge is 0.177 e. The Hall–Kier alpha value is -1.31. The first-order valence-corrected chi connectivity index (χ1v) is 4.30. The molecule has 1 aliphatic carbocycles. The van der Waals surface area contributed by atoms with Crippen molar-refractivity contribution in [2.45, 2.75) is 18.9 Å². The van der Waals surface area contributed by atoms with Crippen LogP contribution in [0.25, 0.3) is 11.0 Å². The highest BCUT2D eigenvalue weighted by atomic mass is 15.1. The molecule has 1 aromatic heterocycles. The van der Waals surface area contributed by atoms with E-state index in [1.165, 1.54) is 18.4 Å². The number of hydrogen-bond donors (Lipinski definition) is 0. The Labute approximate surface area is 70.8 Å². The molecule has 59 valence electrons. The van der Waals surface area contributed by atoms with Crippen molar-refractivity contribution >= 4 is 11.0 Å². The zero-order valence-corrected chi connectivity index (χ0v) is 6.70. The van der Waals surface area contributed by atoms with E-state index in [1.54, 1.807) is 0 Å². The van der Waals surface area contributed by atoms with E-state index in [9.17, 15) is 0 Å². The summed E-state index contributed by atoms with van der Waals surface area (Å²) >= 11 is 0. The van der Waals surface area contributed by atoms with Gasteiger partial charge in [-0.15, -0.1) is 0 Å². The summed E-state index contributed by atoms with van der Waals surface area (Å²) in [6, 6.07) is 8.89. The largest absolute Gasteiger partial charge is 0.318 e. The fourth-order valence-electron chi connectivity index (χ4n) is 1.54. The summed E-state index contributed by atoms with van der Waals surface area (Å²) in [7, 11) is 0. The standard InChI is InChI=1S/C10H9N2/c1-2-4-10-9(3-1)11-7-12(10)8-5-6-8/h1-4,8H,5-6H2. The Morgan fingerprint density at radius 3 is 3.00 bits per heavy atom. The zero-order valence-electron chi connectivity index (χ0n) is 6.70. The maximum atomic E-state index is 4.22. The van der Waals surface area contributed by atoms with Crippen molar-refractivity contribution in [1.82, 2.24) is 9.55 Å². The lowest BCUT2D eigenvalue weighted by Gasteiger charge is -1.97. The quantitative estimate of drug-likeness (QED) is 0.620. The molecule has 12 heavy (non-hydrogen) atoms. The minimum absolute atomic E-state index is 0.678. The maximum Gasteiger partial charge on any atom is 0.177 e. The molecule has 1 saturated carbocycles. The van der Waals surface area contributed by atoms with Crippen molar-refractivity contribution in [2.75, 3.05) is 0 Å². The minimum atomic E-state index is 0.678. The number of nitrogens with zero attached hydrogens (tertiary/aromatic N) is 2. The first-order valence-electron chi connectivity index (χ1n) is 4.30. The van der Waals surface area contributed by atoms with E-state index in [0.29, 0.717) is 6.04 Å². The van der Waals surface area contributed by atoms with Crippen LogP contribution in [0.3, 0.4) is 0 Å². The van der Waals surface area contributed by atoms with E-state index in [-0.39, 0.29) is 0 Å². The van der Waals surface area contributed by atoms with Gasteiger partial charge in [0, 0.05) is 6.04 Å². The molecule has 3 rings (SSSR count). The SMILES string of the molecule is [c]1nc2ccccc2n1C1CC1. The molecule has 1 fully saturated rings. The predicted octanol–water partition coefficient (Wildman–Crippen LogP) is 2.17. The van der Waals surface area contributed by atoms with E-state index < -0.39 is 0 Å². The van der Waals surface area contributed by atoms with Gasteiger partial charge in [-0.1, -0.05) is 12.1 Å². The molecule has 0 saturated heterocycles. The summed E-state index contributed by atoms with van der Waals surface area (Å²) in [6.07, 6.45) is 5.62. The van der Waals surface area contributed by atoms with E-state index in [2.05, 4.69) is 28.0 Å². The molecule has 0 unspecified atom stereocenters. The van der Waals surface area contributed by atoms with Gasteiger partial charge in [-0.05, 0) is 25.0 Å². The van der Waals surface area contributed by atoms with Gasteiger partial charge < -0.3 is 4.57 Å². The Kier molecular flexibility index (Phi) is 1.09. The van der Waals surface area contributed by atoms with E-state index in [0.717, 1.165) is 5.52 Å². The third-order valence-electron chi connectivity index (χ3n) is 2.33. The van der Waals surface area contributed by atoms with Gasteiger partial charge in [-0.2, -0.15) is 0 Å². The maximum absolute atomic E-state index is 4.22. The molecule has 1 radical (unpaired) electrons. The molecule has 0 amide bonds. The van der Waals surface area contributed by atoms with Gasteiger partial charge >= 0.3 is 0 Å². The molecule has 0 N–H and O–H groups in total. The van der Waals surface area contributed by atoms with Crippen LogP contribution in [0.4, 0.5) is 0 Å². The van der Waals surface area contributed by atoms with Gasteiger partial charge in [0.25, 0.3) is 0 Å². The van der Waals surface area contributed by atoms with Crippen LogP contribution in [-0.4, -0.2) is 9.55 Å². The molecule has 0 bridgehead atoms. The highest BCUT2D eigenvalue weighted by Gasteiger charge is 2.24. The molecule has 1 aromatic carbocycles. The van der Waals surface area contributed by atoms with Crippen molar-refractivity contribution in [2.24, 2.45) is 0 Å². The normalized spacial score (nSPS) is 17.0. The number of hydrogen-bond acceptors (Lipinski definition) is 1. The van der Waals surface area contributed by atoms with Gasteiger partial charge in [0.05, 0.1) is 11.0 Å². The van der Waals surface area contributed by atoms with Gasteiger partial charge in [0.2, 0.25) is 0 Å². The second-order valence-electron chi connectivity index (χ2n) is 3.30. The zero-order chi connectivity index (χ0) is 7.97. The Morgan fingerprint density at radius 2 is 2.17 bits per heavy atom. The van der Waals surface area contributed by atoms with Crippen LogP contribution in [0.5, 0.6) is 0 Å². The number of rotatable bonds is 1. The summed E-state index contributed by atoms with van der Waals surface area (Å²) in [5.74, 6) is 0. The third kappa shape index (κ3) is 0.779. The lowest BCUT2D eigenvalue weighted by Crippen LogP contribution is -1.89. The predicted molar refractivity (Wildman–Crippen MR) is 46.8 cm³/mol. The van der Waals surface area contributed by atoms with Crippen LogP contribution < -0.4 is 0 Å². The number of para-hydroxylation sites is 2. The van der Waals surface area contributed by atoms with E-state index in [4.69, 9.17) is 0 Å². The Morgan fingerprint density at radius 1 is 1.33 bits per heavy atom. The number of imidazole rings is 1. The average Bonchev–Trinajstić information content (AvgIpc) is 2.86.